The zero-order valence-electron chi connectivity index (χ0n) is 9.99. The molecular weight excluding hydrogens is 302 g/mol. The molecule has 0 unspecified atom stereocenters. The van der Waals surface area contributed by atoms with Gasteiger partial charge in [-0.3, -0.25) is 0 Å². The number of alkyl halides is 1. The van der Waals surface area contributed by atoms with Crippen molar-refractivity contribution in [2.24, 2.45) is 0 Å². The van der Waals surface area contributed by atoms with Gasteiger partial charge in [0.05, 0.1) is 0 Å². The smallest absolute Gasteiger partial charge is 0.130 e. The number of halogens is 2. The van der Waals surface area contributed by atoms with Gasteiger partial charge < -0.3 is 0 Å². The quantitative estimate of drug-likeness (QED) is 0.653. The van der Waals surface area contributed by atoms with E-state index < -0.39 is 5.67 Å². The van der Waals surface area contributed by atoms with Crippen LogP contribution in [-0.4, -0.2) is 0 Å². The minimum atomic E-state index is -1.26. The number of hydrogen-bond donors (Lipinski definition) is 0. The van der Waals surface area contributed by atoms with E-state index in [1.807, 2.05) is 12.1 Å². The summed E-state index contributed by atoms with van der Waals surface area (Å²) in [5.74, 6) is 0. The first-order valence-corrected chi connectivity index (χ1v) is 6.19. The molecule has 1 rings (SSSR count). The summed E-state index contributed by atoms with van der Waals surface area (Å²) < 4.78 is 15.0. The topological polar surface area (TPSA) is 0 Å². The van der Waals surface area contributed by atoms with Crippen LogP contribution in [0, 0.1) is 3.57 Å². The van der Waals surface area contributed by atoms with E-state index in [0.717, 1.165) is 9.13 Å². The molecule has 0 aromatic heterocycles. The van der Waals surface area contributed by atoms with Gasteiger partial charge in [-0.05, 0) is 65.1 Å². The summed E-state index contributed by atoms with van der Waals surface area (Å²) in [4.78, 5) is 0. The molecule has 2 heteroatoms. The normalized spacial score (nSPS) is 13.0. The summed E-state index contributed by atoms with van der Waals surface area (Å²) >= 11 is 2.24. The van der Waals surface area contributed by atoms with Gasteiger partial charge in [-0.15, -0.1) is 0 Å². The highest BCUT2D eigenvalue weighted by atomic mass is 127. The van der Waals surface area contributed by atoms with Crippen molar-refractivity contribution in [1.82, 2.24) is 0 Å². The lowest BCUT2D eigenvalue weighted by molar-refractivity contribution is 0.221. The van der Waals surface area contributed by atoms with Crippen LogP contribution in [0.5, 0.6) is 0 Å². The Bertz CT molecular complexity index is 324. The van der Waals surface area contributed by atoms with Gasteiger partial charge in [0.25, 0.3) is 0 Å². The van der Waals surface area contributed by atoms with Crippen LogP contribution in [0.25, 0.3) is 0 Å². The Hall–Kier alpha value is -0.120. The average molecular weight is 320 g/mol. The van der Waals surface area contributed by atoms with Crippen molar-refractivity contribution in [2.75, 3.05) is 0 Å². The van der Waals surface area contributed by atoms with Gasteiger partial charge in [0, 0.05) is 3.57 Å². The molecule has 0 aliphatic heterocycles. The lowest BCUT2D eigenvalue weighted by Crippen LogP contribution is -2.15. The molecule has 0 atom stereocenters. The second-order valence-electron chi connectivity index (χ2n) is 5.45. The molecule has 0 bridgehead atoms. The van der Waals surface area contributed by atoms with E-state index in [-0.39, 0.29) is 5.41 Å². The fourth-order valence-corrected chi connectivity index (χ4v) is 2.04. The molecule has 0 aliphatic carbocycles. The van der Waals surface area contributed by atoms with Gasteiger partial charge in [0.15, 0.2) is 0 Å². The maximum atomic E-state index is 13.9. The van der Waals surface area contributed by atoms with Crippen molar-refractivity contribution >= 4 is 22.6 Å². The van der Waals surface area contributed by atoms with Crippen molar-refractivity contribution in [1.29, 1.82) is 0 Å². The molecule has 0 radical (unpaired) electrons. The monoisotopic (exact) mass is 320 g/mol. The summed E-state index contributed by atoms with van der Waals surface area (Å²) in [5, 5.41) is 0. The largest absolute Gasteiger partial charge is 0.239 e. The Morgan fingerprint density at radius 3 is 1.80 bits per heavy atom. The molecule has 0 saturated heterocycles. The zero-order valence-corrected chi connectivity index (χ0v) is 12.1. The highest BCUT2D eigenvalue weighted by Crippen LogP contribution is 2.31. The molecule has 0 N–H and O–H groups in total. The van der Waals surface area contributed by atoms with Crippen molar-refractivity contribution < 1.29 is 4.39 Å². The molecule has 84 valence electrons. The molecule has 0 nitrogen and oxygen atoms in total. The third-order valence-electron chi connectivity index (χ3n) is 2.45. The van der Waals surface area contributed by atoms with Crippen LogP contribution >= 0.6 is 22.6 Å². The summed E-state index contributed by atoms with van der Waals surface area (Å²) in [7, 11) is 0. The van der Waals surface area contributed by atoms with Gasteiger partial charge >= 0.3 is 0 Å². The van der Waals surface area contributed by atoms with E-state index in [4.69, 9.17) is 0 Å². The Kier molecular flexibility index (Phi) is 3.49. The Morgan fingerprint density at radius 1 is 0.933 bits per heavy atom. The third-order valence-corrected chi connectivity index (χ3v) is 3.07. The summed E-state index contributed by atoms with van der Waals surface area (Å²) in [5.41, 5.74) is 0.761. The van der Waals surface area contributed by atoms with Crippen LogP contribution < -0.4 is 0 Å². The van der Waals surface area contributed by atoms with E-state index in [9.17, 15) is 4.39 Å². The van der Waals surface area contributed by atoms with Gasteiger partial charge in [0.1, 0.15) is 5.67 Å². The minimum Gasteiger partial charge on any atom is -0.239 e. The van der Waals surface area contributed by atoms with Crippen LogP contribution in [0.2, 0.25) is 0 Å². The second-order valence-corrected chi connectivity index (χ2v) is 6.70. The number of benzene rings is 1. The van der Waals surface area contributed by atoms with Crippen LogP contribution in [0.3, 0.4) is 0 Å². The van der Waals surface area contributed by atoms with E-state index in [1.165, 1.54) is 5.56 Å². The van der Waals surface area contributed by atoms with E-state index >= 15 is 0 Å². The molecule has 1 aromatic carbocycles. The predicted octanol–water partition coefficient (Wildman–Crippen LogP) is 4.79. The zero-order chi connectivity index (χ0) is 11.9. The molecule has 0 saturated carbocycles. The standard InChI is InChI=1S/C13H18FI/c1-12(2,3)9-6-10(13(4,5)14)8-11(15)7-9/h6-8H,1-5H3. The predicted molar refractivity (Wildman–Crippen MR) is 72.0 cm³/mol. The highest BCUT2D eigenvalue weighted by molar-refractivity contribution is 14.1. The molecular formula is C13H18FI. The first kappa shape index (κ1) is 12.9. The van der Waals surface area contributed by atoms with Crippen LogP contribution in [-0.2, 0) is 11.1 Å². The van der Waals surface area contributed by atoms with Crippen molar-refractivity contribution in [3.63, 3.8) is 0 Å². The van der Waals surface area contributed by atoms with Gasteiger partial charge in [-0.1, -0.05) is 26.8 Å². The van der Waals surface area contributed by atoms with Crippen LogP contribution in [0.4, 0.5) is 4.39 Å². The van der Waals surface area contributed by atoms with Crippen molar-refractivity contribution in [2.45, 2.75) is 45.7 Å². The minimum absolute atomic E-state index is 0.0706. The van der Waals surface area contributed by atoms with E-state index in [2.05, 4.69) is 49.4 Å². The molecule has 0 aliphatic rings. The Morgan fingerprint density at radius 2 is 1.40 bits per heavy atom. The van der Waals surface area contributed by atoms with Crippen molar-refractivity contribution in [3.05, 3.63) is 32.9 Å². The van der Waals surface area contributed by atoms with E-state index in [0.29, 0.717) is 0 Å². The first-order chi connectivity index (χ1) is 6.60. The summed E-state index contributed by atoms with van der Waals surface area (Å²) in [6.07, 6.45) is 0. The Labute approximate surface area is 105 Å². The number of rotatable bonds is 1. The average Bonchev–Trinajstić information content (AvgIpc) is 1.99. The molecule has 0 amide bonds. The first-order valence-electron chi connectivity index (χ1n) is 5.11. The molecule has 15 heavy (non-hydrogen) atoms. The fourth-order valence-electron chi connectivity index (χ4n) is 1.37. The van der Waals surface area contributed by atoms with Crippen molar-refractivity contribution in [3.8, 4) is 0 Å². The van der Waals surface area contributed by atoms with E-state index in [1.54, 1.807) is 13.8 Å². The summed E-state index contributed by atoms with van der Waals surface area (Å²) in [6, 6.07) is 6.01. The lowest BCUT2D eigenvalue weighted by Gasteiger charge is -2.23. The van der Waals surface area contributed by atoms with Crippen LogP contribution in [0.15, 0.2) is 18.2 Å². The second kappa shape index (κ2) is 4.04. The SMILES string of the molecule is CC(C)(C)c1cc(I)cc(C(C)(C)F)c1. The Balaban J connectivity index is 3.30. The maximum absolute atomic E-state index is 13.9. The molecule has 1 aromatic rings. The summed E-state index contributed by atoms with van der Waals surface area (Å²) in [6.45, 7) is 9.64. The molecule has 0 spiro atoms. The van der Waals surface area contributed by atoms with Gasteiger partial charge in [0.2, 0.25) is 0 Å². The van der Waals surface area contributed by atoms with Gasteiger partial charge in [-0.2, -0.15) is 0 Å². The molecule has 0 heterocycles. The number of hydrogen-bond acceptors (Lipinski definition) is 0. The third kappa shape index (κ3) is 3.44. The molecule has 0 fully saturated rings. The van der Waals surface area contributed by atoms with Crippen LogP contribution in [0.1, 0.15) is 45.7 Å². The fraction of sp³-hybridized carbons (Fsp3) is 0.538. The lowest BCUT2D eigenvalue weighted by atomic mass is 9.84. The maximum Gasteiger partial charge on any atom is 0.130 e. The highest BCUT2D eigenvalue weighted by Gasteiger charge is 2.22. The van der Waals surface area contributed by atoms with Gasteiger partial charge in [-0.25, -0.2) is 4.39 Å².